The Morgan fingerprint density at radius 3 is 2.56 bits per heavy atom. The predicted octanol–water partition coefficient (Wildman–Crippen LogP) is 5.96. The molecule has 34 heavy (non-hydrogen) atoms. The summed E-state index contributed by atoms with van der Waals surface area (Å²) in [5.41, 5.74) is 2.67. The zero-order valence-corrected chi connectivity index (χ0v) is 20.1. The maximum atomic E-state index is 14.0. The number of hydrogen-bond donors (Lipinski definition) is 0. The number of fused-ring (bicyclic) bond motifs is 1. The molecule has 4 aromatic rings. The van der Waals surface area contributed by atoms with E-state index < -0.39 is 0 Å². The summed E-state index contributed by atoms with van der Waals surface area (Å²) in [5.74, 6) is 2.22. The Balaban J connectivity index is 1.48. The van der Waals surface area contributed by atoms with Crippen molar-refractivity contribution in [1.82, 2.24) is 14.9 Å². The number of carbonyl (C=O) groups is 1. The third kappa shape index (κ3) is 4.80. The number of carbonyl (C=O) groups excluding carboxylic acids is 1. The number of aromatic nitrogens is 2. The Hall–Kier alpha value is -3.32. The molecule has 0 bridgehead atoms. The highest BCUT2D eigenvalue weighted by Crippen LogP contribution is 2.38. The number of amides is 1. The summed E-state index contributed by atoms with van der Waals surface area (Å²) in [6.07, 6.45) is 5.76. The number of thioether (sulfide) groups is 1. The first-order valence-corrected chi connectivity index (χ1v) is 12.5. The monoisotopic (exact) mass is 473 g/mol. The first-order valence-electron chi connectivity index (χ1n) is 11.5. The van der Waals surface area contributed by atoms with E-state index in [4.69, 9.17) is 9.15 Å². The SMILES string of the molecule is COc1ccc(CN(C(=O)c2oc3ccccc3c2CSc2ncccn2)C(C)C2CC2)cc1. The van der Waals surface area contributed by atoms with Crippen molar-refractivity contribution in [2.45, 2.75) is 43.3 Å². The van der Waals surface area contributed by atoms with Crippen LogP contribution in [-0.4, -0.2) is 33.9 Å². The van der Waals surface area contributed by atoms with E-state index in [2.05, 4.69) is 16.9 Å². The lowest BCUT2D eigenvalue weighted by atomic mass is 10.1. The lowest BCUT2D eigenvalue weighted by Gasteiger charge is -2.29. The normalized spacial score (nSPS) is 14.2. The average molecular weight is 474 g/mol. The van der Waals surface area contributed by atoms with E-state index in [1.807, 2.05) is 53.4 Å². The largest absolute Gasteiger partial charge is 0.497 e. The van der Waals surface area contributed by atoms with Crippen molar-refractivity contribution in [3.63, 3.8) is 0 Å². The Morgan fingerprint density at radius 2 is 1.85 bits per heavy atom. The summed E-state index contributed by atoms with van der Waals surface area (Å²) in [6.45, 7) is 2.67. The average Bonchev–Trinajstić information content (AvgIpc) is 3.67. The lowest BCUT2D eigenvalue weighted by Crippen LogP contribution is -2.39. The van der Waals surface area contributed by atoms with Crippen molar-refractivity contribution >= 4 is 28.6 Å². The van der Waals surface area contributed by atoms with Crippen LogP contribution in [0.1, 0.15) is 41.4 Å². The standard InChI is InChI=1S/C27H27N3O3S/c1-18(20-10-11-20)30(16-19-8-12-21(32-2)13-9-19)26(31)25-23(17-34-27-28-14-5-15-29-27)22-6-3-4-7-24(22)33-25/h3-9,12-15,18,20H,10-11,16-17H2,1-2H3. The maximum absolute atomic E-state index is 14.0. The fourth-order valence-corrected chi connectivity index (χ4v) is 5.03. The van der Waals surface area contributed by atoms with Gasteiger partial charge in [0.2, 0.25) is 0 Å². The number of benzene rings is 2. The number of rotatable bonds is 9. The minimum absolute atomic E-state index is 0.0731. The molecule has 0 spiro atoms. The maximum Gasteiger partial charge on any atom is 0.290 e. The molecule has 7 heteroatoms. The van der Waals surface area contributed by atoms with Crippen LogP contribution in [0.25, 0.3) is 11.0 Å². The molecule has 0 radical (unpaired) electrons. The van der Waals surface area contributed by atoms with Gasteiger partial charge in [-0.05, 0) is 55.5 Å². The molecule has 6 nitrogen and oxygen atoms in total. The smallest absolute Gasteiger partial charge is 0.290 e. The van der Waals surface area contributed by atoms with Crippen molar-refractivity contribution in [3.05, 3.63) is 83.9 Å². The molecule has 1 unspecified atom stereocenters. The summed E-state index contributed by atoms with van der Waals surface area (Å²) >= 11 is 1.50. The Bertz CT molecular complexity index is 1270. The highest BCUT2D eigenvalue weighted by atomic mass is 32.2. The molecule has 0 N–H and O–H groups in total. The molecule has 2 aromatic heterocycles. The molecule has 174 valence electrons. The number of methoxy groups -OCH3 is 1. The minimum atomic E-state index is -0.0731. The van der Waals surface area contributed by atoms with Gasteiger partial charge in [-0.1, -0.05) is 42.1 Å². The topological polar surface area (TPSA) is 68.5 Å². The molecule has 1 fully saturated rings. The second-order valence-corrected chi connectivity index (χ2v) is 9.53. The van der Waals surface area contributed by atoms with Gasteiger partial charge >= 0.3 is 0 Å². The van der Waals surface area contributed by atoms with Crippen molar-refractivity contribution in [2.75, 3.05) is 7.11 Å². The van der Waals surface area contributed by atoms with E-state index in [-0.39, 0.29) is 11.9 Å². The third-order valence-corrected chi connectivity index (χ3v) is 7.25. The van der Waals surface area contributed by atoms with E-state index in [9.17, 15) is 4.79 Å². The summed E-state index contributed by atoms with van der Waals surface area (Å²) in [6, 6.07) is 17.6. The molecule has 1 atom stereocenters. The highest BCUT2D eigenvalue weighted by molar-refractivity contribution is 7.98. The highest BCUT2D eigenvalue weighted by Gasteiger charge is 2.36. The first-order chi connectivity index (χ1) is 16.6. The van der Waals surface area contributed by atoms with Crippen LogP contribution < -0.4 is 4.74 Å². The van der Waals surface area contributed by atoms with Crippen LogP contribution in [0, 0.1) is 5.92 Å². The summed E-state index contributed by atoms with van der Waals surface area (Å²) in [7, 11) is 1.65. The quantitative estimate of drug-likeness (QED) is 0.221. The van der Waals surface area contributed by atoms with E-state index in [1.165, 1.54) is 11.8 Å². The molecular formula is C27H27N3O3S. The van der Waals surface area contributed by atoms with Gasteiger partial charge in [-0.25, -0.2) is 9.97 Å². The molecular weight excluding hydrogens is 446 g/mol. The van der Waals surface area contributed by atoms with E-state index in [1.54, 1.807) is 25.6 Å². The molecule has 5 rings (SSSR count). The fourth-order valence-electron chi connectivity index (χ4n) is 4.20. The Labute approximate surface area is 203 Å². The Morgan fingerprint density at radius 1 is 1.12 bits per heavy atom. The number of para-hydroxylation sites is 1. The van der Waals surface area contributed by atoms with Gasteiger partial charge in [0.25, 0.3) is 5.91 Å². The Kier molecular flexibility index (Phi) is 6.54. The van der Waals surface area contributed by atoms with E-state index in [0.717, 1.165) is 40.7 Å². The fraction of sp³-hybridized carbons (Fsp3) is 0.296. The molecule has 1 aliphatic rings. The van der Waals surface area contributed by atoms with Crippen molar-refractivity contribution in [3.8, 4) is 5.75 Å². The minimum Gasteiger partial charge on any atom is -0.497 e. The molecule has 1 aliphatic carbocycles. The summed E-state index contributed by atoms with van der Waals surface area (Å²) in [4.78, 5) is 24.6. The van der Waals surface area contributed by atoms with Gasteiger partial charge in [0.1, 0.15) is 11.3 Å². The zero-order chi connectivity index (χ0) is 23.5. The van der Waals surface area contributed by atoms with E-state index in [0.29, 0.717) is 29.1 Å². The molecule has 0 aliphatic heterocycles. The number of ether oxygens (including phenoxy) is 1. The molecule has 0 saturated heterocycles. The number of hydrogen-bond acceptors (Lipinski definition) is 6. The van der Waals surface area contributed by atoms with Crippen LogP contribution in [0.3, 0.4) is 0 Å². The van der Waals surface area contributed by atoms with Gasteiger partial charge < -0.3 is 14.1 Å². The van der Waals surface area contributed by atoms with Crippen LogP contribution in [0.2, 0.25) is 0 Å². The lowest BCUT2D eigenvalue weighted by molar-refractivity contribution is 0.0622. The zero-order valence-electron chi connectivity index (χ0n) is 19.3. The second kappa shape index (κ2) is 9.89. The van der Waals surface area contributed by atoms with Gasteiger partial charge in [0, 0.05) is 41.7 Å². The van der Waals surface area contributed by atoms with Crippen LogP contribution in [0.4, 0.5) is 0 Å². The molecule has 2 heterocycles. The summed E-state index contributed by atoms with van der Waals surface area (Å²) < 4.78 is 11.5. The third-order valence-electron chi connectivity index (χ3n) is 6.35. The van der Waals surface area contributed by atoms with Crippen LogP contribution in [0.15, 0.2) is 76.6 Å². The number of nitrogens with zero attached hydrogens (tertiary/aromatic N) is 3. The molecule has 1 saturated carbocycles. The van der Waals surface area contributed by atoms with Gasteiger partial charge in [-0.3, -0.25) is 4.79 Å². The van der Waals surface area contributed by atoms with Crippen molar-refractivity contribution in [2.24, 2.45) is 5.92 Å². The van der Waals surface area contributed by atoms with Gasteiger partial charge in [0.15, 0.2) is 10.9 Å². The number of furan rings is 1. The van der Waals surface area contributed by atoms with E-state index >= 15 is 0 Å². The van der Waals surface area contributed by atoms with Crippen LogP contribution in [-0.2, 0) is 12.3 Å². The molecule has 2 aromatic carbocycles. The first kappa shape index (κ1) is 22.5. The van der Waals surface area contributed by atoms with Gasteiger partial charge in [-0.2, -0.15) is 0 Å². The van der Waals surface area contributed by atoms with Crippen LogP contribution in [0.5, 0.6) is 5.75 Å². The van der Waals surface area contributed by atoms with Crippen molar-refractivity contribution < 1.29 is 13.9 Å². The summed E-state index contributed by atoms with van der Waals surface area (Å²) in [5, 5.41) is 1.63. The molecule has 1 amide bonds. The second-order valence-electron chi connectivity index (χ2n) is 8.59. The predicted molar refractivity (Wildman–Crippen MR) is 133 cm³/mol. The van der Waals surface area contributed by atoms with Crippen molar-refractivity contribution in [1.29, 1.82) is 0 Å². The van der Waals surface area contributed by atoms with Gasteiger partial charge in [0.05, 0.1) is 7.11 Å². The van der Waals surface area contributed by atoms with Gasteiger partial charge in [-0.15, -0.1) is 0 Å². The van der Waals surface area contributed by atoms with Crippen LogP contribution >= 0.6 is 11.8 Å².